The van der Waals surface area contributed by atoms with E-state index in [2.05, 4.69) is 10.4 Å². The van der Waals surface area contributed by atoms with Gasteiger partial charge in [0.15, 0.2) is 0 Å². The lowest BCUT2D eigenvalue weighted by Gasteiger charge is -2.23. The Hall–Kier alpha value is -2.89. The summed E-state index contributed by atoms with van der Waals surface area (Å²) >= 11 is 0. The summed E-state index contributed by atoms with van der Waals surface area (Å²) in [4.78, 5) is 12.1. The number of rotatable bonds is 3. The Labute approximate surface area is 131 Å². The first-order valence-electron chi connectivity index (χ1n) is 7.34. The van der Waals surface area contributed by atoms with Gasteiger partial charge in [0.2, 0.25) is 5.91 Å². The van der Waals surface area contributed by atoms with Crippen LogP contribution in [0, 0.1) is 5.82 Å². The van der Waals surface area contributed by atoms with Gasteiger partial charge < -0.3 is 9.73 Å². The number of nitrogens with zero attached hydrogens (tertiary/aromatic N) is 2. The van der Waals surface area contributed by atoms with Crippen molar-refractivity contribution >= 4 is 11.7 Å². The van der Waals surface area contributed by atoms with Crippen molar-refractivity contribution in [1.82, 2.24) is 9.78 Å². The number of hydrogen-bond donors (Lipinski definition) is 1. The second kappa shape index (κ2) is 5.39. The first-order chi connectivity index (χ1) is 11.2. The van der Waals surface area contributed by atoms with Gasteiger partial charge in [-0.3, -0.25) is 4.79 Å². The summed E-state index contributed by atoms with van der Waals surface area (Å²) in [5, 5.41) is 7.21. The van der Waals surface area contributed by atoms with Gasteiger partial charge in [0.1, 0.15) is 23.9 Å². The lowest BCUT2D eigenvalue weighted by atomic mass is 9.87. The smallest absolute Gasteiger partial charge is 0.226 e. The Balaban J connectivity index is 1.73. The van der Waals surface area contributed by atoms with E-state index in [0.29, 0.717) is 12.4 Å². The zero-order valence-corrected chi connectivity index (χ0v) is 12.2. The number of hydrogen-bond acceptors (Lipinski definition) is 3. The van der Waals surface area contributed by atoms with Gasteiger partial charge in [0, 0.05) is 17.9 Å². The van der Waals surface area contributed by atoms with Crippen LogP contribution in [0.25, 0.3) is 0 Å². The highest BCUT2D eigenvalue weighted by Gasteiger charge is 2.30. The van der Waals surface area contributed by atoms with Gasteiger partial charge in [0.05, 0.1) is 12.5 Å². The lowest BCUT2D eigenvalue weighted by Crippen LogP contribution is -2.25. The fourth-order valence-corrected chi connectivity index (χ4v) is 2.96. The molecular formula is C17H14FN3O2. The standard InChI is InChI=1S/C17H14FN3O2/c18-12-4-1-3-11(7-12)14-8-16(22)20-17-15(14)9-19-21(17)10-13-5-2-6-23-13/h1-7,9,14H,8,10H2,(H,20,22). The molecule has 0 radical (unpaired) electrons. The summed E-state index contributed by atoms with van der Waals surface area (Å²) in [5.41, 5.74) is 1.67. The lowest BCUT2D eigenvalue weighted by molar-refractivity contribution is -0.116. The summed E-state index contributed by atoms with van der Waals surface area (Å²) in [6.07, 6.45) is 3.61. The molecule has 1 unspecified atom stereocenters. The normalized spacial score (nSPS) is 16.9. The largest absolute Gasteiger partial charge is 0.467 e. The molecule has 4 rings (SSSR count). The number of amides is 1. The molecule has 1 aliphatic rings. The highest BCUT2D eigenvalue weighted by molar-refractivity contribution is 5.94. The van der Waals surface area contributed by atoms with Crippen molar-refractivity contribution in [2.75, 3.05) is 5.32 Å². The second-order valence-electron chi connectivity index (χ2n) is 5.55. The summed E-state index contributed by atoms with van der Waals surface area (Å²) in [6, 6.07) is 10.0. The van der Waals surface area contributed by atoms with Crippen LogP contribution in [0.5, 0.6) is 0 Å². The van der Waals surface area contributed by atoms with Crippen LogP contribution in [0.1, 0.15) is 29.2 Å². The molecule has 1 amide bonds. The third-order valence-corrected chi connectivity index (χ3v) is 4.03. The number of fused-ring (bicyclic) bond motifs is 1. The molecule has 0 bridgehead atoms. The number of aromatic nitrogens is 2. The topological polar surface area (TPSA) is 60.1 Å². The number of anilines is 1. The van der Waals surface area contributed by atoms with Gasteiger partial charge in [-0.2, -0.15) is 5.10 Å². The SMILES string of the molecule is O=C1CC(c2cccc(F)c2)c2cnn(Cc3ccco3)c2N1. The molecule has 116 valence electrons. The Morgan fingerprint density at radius 1 is 1.35 bits per heavy atom. The minimum atomic E-state index is -0.307. The first kappa shape index (κ1) is 13.8. The molecule has 0 spiro atoms. The average Bonchev–Trinajstić information content (AvgIpc) is 3.18. The van der Waals surface area contributed by atoms with Gasteiger partial charge in [-0.25, -0.2) is 9.07 Å². The highest BCUT2D eigenvalue weighted by Crippen LogP contribution is 2.37. The molecule has 0 aliphatic carbocycles. The van der Waals surface area contributed by atoms with Gasteiger partial charge in [-0.05, 0) is 29.8 Å². The predicted octanol–water partition coefficient (Wildman–Crippen LogP) is 3.14. The third-order valence-electron chi connectivity index (χ3n) is 4.03. The van der Waals surface area contributed by atoms with E-state index in [1.165, 1.54) is 12.1 Å². The van der Waals surface area contributed by atoms with E-state index in [4.69, 9.17) is 4.42 Å². The molecule has 5 nitrogen and oxygen atoms in total. The zero-order chi connectivity index (χ0) is 15.8. The van der Waals surface area contributed by atoms with Crippen LogP contribution in [0.3, 0.4) is 0 Å². The molecule has 0 saturated carbocycles. The van der Waals surface area contributed by atoms with E-state index in [-0.39, 0.29) is 24.1 Å². The number of furan rings is 1. The summed E-state index contributed by atoms with van der Waals surface area (Å²) in [6.45, 7) is 0.429. The van der Waals surface area contributed by atoms with Crippen LogP contribution in [0.15, 0.2) is 53.3 Å². The van der Waals surface area contributed by atoms with E-state index in [9.17, 15) is 9.18 Å². The Morgan fingerprint density at radius 3 is 3.04 bits per heavy atom. The fourth-order valence-electron chi connectivity index (χ4n) is 2.96. The van der Waals surface area contributed by atoms with Crippen LogP contribution >= 0.6 is 0 Å². The van der Waals surface area contributed by atoms with Crippen LogP contribution in [-0.4, -0.2) is 15.7 Å². The van der Waals surface area contributed by atoms with Crippen LogP contribution in [0.4, 0.5) is 10.2 Å². The molecule has 1 atom stereocenters. The summed E-state index contributed by atoms with van der Waals surface area (Å²) in [7, 11) is 0. The van der Waals surface area contributed by atoms with Crippen molar-refractivity contribution in [2.45, 2.75) is 18.9 Å². The van der Waals surface area contributed by atoms with Crippen molar-refractivity contribution in [1.29, 1.82) is 0 Å². The molecule has 1 N–H and O–H groups in total. The maximum atomic E-state index is 13.5. The van der Waals surface area contributed by atoms with Gasteiger partial charge in [-0.1, -0.05) is 12.1 Å². The maximum Gasteiger partial charge on any atom is 0.226 e. The van der Waals surface area contributed by atoms with Crippen LogP contribution < -0.4 is 5.32 Å². The molecule has 6 heteroatoms. The molecule has 23 heavy (non-hydrogen) atoms. The Bertz CT molecular complexity index is 855. The van der Waals surface area contributed by atoms with Gasteiger partial charge >= 0.3 is 0 Å². The quantitative estimate of drug-likeness (QED) is 0.808. The average molecular weight is 311 g/mol. The molecule has 3 heterocycles. The monoisotopic (exact) mass is 311 g/mol. The Kier molecular flexibility index (Phi) is 3.22. The van der Waals surface area contributed by atoms with Crippen molar-refractivity contribution < 1.29 is 13.6 Å². The van der Waals surface area contributed by atoms with Crippen molar-refractivity contribution in [3.63, 3.8) is 0 Å². The molecule has 1 aliphatic heterocycles. The summed E-state index contributed by atoms with van der Waals surface area (Å²) < 4.78 is 20.5. The summed E-state index contributed by atoms with van der Waals surface area (Å²) in [5.74, 6) is 0.788. The van der Waals surface area contributed by atoms with E-state index in [1.54, 1.807) is 29.3 Å². The predicted molar refractivity (Wildman–Crippen MR) is 81.5 cm³/mol. The van der Waals surface area contributed by atoms with Crippen LogP contribution in [-0.2, 0) is 11.3 Å². The number of benzene rings is 1. The number of carbonyl (C=O) groups is 1. The molecule has 2 aromatic heterocycles. The van der Waals surface area contributed by atoms with Gasteiger partial charge in [0.25, 0.3) is 0 Å². The highest BCUT2D eigenvalue weighted by atomic mass is 19.1. The van der Waals surface area contributed by atoms with E-state index in [1.807, 2.05) is 12.1 Å². The fraction of sp³-hybridized carbons (Fsp3) is 0.176. The molecule has 1 aromatic carbocycles. The van der Waals surface area contributed by atoms with E-state index >= 15 is 0 Å². The van der Waals surface area contributed by atoms with Crippen molar-refractivity contribution in [3.05, 3.63) is 71.6 Å². The molecular weight excluding hydrogens is 297 g/mol. The number of carbonyl (C=O) groups excluding carboxylic acids is 1. The Morgan fingerprint density at radius 2 is 2.26 bits per heavy atom. The van der Waals surface area contributed by atoms with E-state index < -0.39 is 0 Å². The minimum Gasteiger partial charge on any atom is -0.467 e. The van der Waals surface area contributed by atoms with Crippen LogP contribution in [0.2, 0.25) is 0 Å². The molecule has 0 fully saturated rings. The van der Waals surface area contributed by atoms with E-state index in [0.717, 1.165) is 16.9 Å². The minimum absolute atomic E-state index is 0.104. The van der Waals surface area contributed by atoms with Crippen molar-refractivity contribution in [2.24, 2.45) is 0 Å². The van der Waals surface area contributed by atoms with Gasteiger partial charge in [-0.15, -0.1) is 0 Å². The first-order valence-corrected chi connectivity index (χ1v) is 7.34. The molecule has 3 aromatic rings. The zero-order valence-electron chi connectivity index (χ0n) is 12.2. The third kappa shape index (κ3) is 2.52. The number of nitrogens with one attached hydrogen (secondary N) is 1. The molecule has 0 saturated heterocycles. The number of halogens is 1. The second-order valence-corrected chi connectivity index (χ2v) is 5.55. The maximum absolute atomic E-state index is 13.5. The van der Waals surface area contributed by atoms with Crippen molar-refractivity contribution in [3.8, 4) is 0 Å².